The highest BCUT2D eigenvalue weighted by Gasteiger charge is 2.12. The molecule has 0 aliphatic rings. The minimum Gasteiger partial charge on any atom is -0.484 e. The molecule has 0 aromatic heterocycles. The summed E-state index contributed by atoms with van der Waals surface area (Å²) >= 11 is 9.40. The molecule has 0 aliphatic heterocycles. The summed E-state index contributed by atoms with van der Waals surface area (Å²) in [6, 6.07) is 9.25. The Kier molecular flexibility index (Phi) is 5.07. The fourth-order valence-corrected chi connectivity index (χ4v) is 2.80. The molecule has 2 rings (SSSR count). The number of hydrogen-bond acceptors (Lipinski definition) is 2. The predicted octanol–water partition coefficient (Wildman–Crippen LogP) is 5.29. The molecule has 0 radical (unpaired) electrons. The maximum atomic E-state index is 12.3. The van der Waals surface area contributed by atoms with Gasteiger partial charge in [-0.05, 0) is 61.7 Å². The summed E-state index contributed by atoms with van der Waals surface area (Å²) in [5, 5.41) is 0.481. The van der Waals surface area contributed by atoms with Crippen LogP contribution in [0.2, 0.25) is 5.02 Å². The summed E-state index contributed by atoms with van der Waals surface area (Å²) < 4.78 is 6.40. The van der Waals surface area contributed by atoms with Crippen LogP contribution in [0.5, 0.6) is 5.75 Å². The third kappa shape index (κ3) is 3.86. The van der Waals surface area contributed by atoms with Gasteiger partial charge in [0.1, 0.15) is 5.75 Å². The van der Waals surface area contributed by atoms with Gasteiger partial charge >= 0.3 is 0 Å². The van der Waals surface area contributed by atoms with Gasteiger partial charge < -0.3 is 4.74 Å². The minimum atomic E-state index is -0.0467. The average Bonchev–Trinajstić information content (AvgIpc) is 2.41. The first-order valence-corrected chi connectivity index (χ1v) is 7.74. The Morgan fingerprint density at radius 1 is 1.10 bits per heavy atom. The van der Waals surface area contributed by atoms with Crippen LogP contribution in [0.4, 0.5) is 0 Å². The number of hydrogen-bond donors (Lipinski definition) is 0. The highest BCUT2D eigenvalue weighted by molar-refractivity contribution is 9.10. The summed E-state index contributed by atoms with van der Waals surface area (Å²) in [7, 11) is 0. The van der Waals surface area contributed by atoms with Crippen LogP contribution >= 0.6 is 27.5 Å². The van der Waals surface area contributed by atoms with Gasteiger partial charge in [-0.3, -0.25) is 4.79 Å². The maximum Gasteiger partial charge on any atom is 0.200 e. The van der Waals surface area contributed by atoms with Gasteiger partial charge in [0.2, 0.25) is 0 Å². The molecular formula is C17H16BrClO2. The van der Waals surface area contributed by atoms with E-state index in [0.29, 0.717) is 16.3 Å². The third-order valence-electron chi connectivity index (χ3n) is 3.39. The molecule has 0 aliphatic carbocycles. The first kappa shape index (κ1) is 16.1. The number of ketones is 1. The number of benzene rings is 2. The standard InChI is InChI=1S/C17H16BrClO2/c1-10-6-12(3)14(7-11(10)2)16(20)9-21-17-5-4-13(18)8-15(17)19/h4-8H,9H2,1-3H3. The van der Waals surface area contributed by atoms with Crippen molar-refractivity contribution in [1.82, 2.24) is 0 Å². The van der Waals surface area contributed by atoms with E-state index in [9.17, 15) is 4.79 Å². The zero-order valence-electron chi connectivity index (χ0n) is 12.2. The van der Waals surface area contributed by atoms with Crippen molar-refractivity contribution in [2.45, 2.75) is 20.8 Å². The van der Waals surface area contributed by atoms with Crippen LogP contribution in [0.1, 0.15) is 27.0 Å². The largest absolute Gasteiger partial charge is 0.484 e. The highest BCUT2D eigenvalue weighted by atomic mass is 79.9. The predicted molar refractivity (Wildman–Crippen MR) is 89.6 cm³/mol. The second-order valence-electron chi connectivity index (χ2n) is 5.04. The third-order valence-corrected chi connectivity index (χ3v) is 4.18. The Balaban J connectivity index is 2.13. The molecule has 2 aromatic rings. The number of carbonyl (C=O) groups excluding carboxylic acids is 1. The average molecular weight is 368 g/mol. The SMILES string of the molecule is Cc1cc(C)c(C(=O)COc2ccc(Br)cc2Cl)cc1C. The molecule has 21 heavy (non-hydrogen) atoms. The van der Waals surface area contributed by atoms with Gasteiger partial charge in [-0.25, -0.2) is 0 Å². The summed E-state index contributed by atoms with van der Waals surface area (Å²) in [6.07, 6.45) is 0. The molecule has 2 nitrogen and oxygen atoms in total. The lowest BCUT2D eigenvalue weighted by Gasteiger charge is -2.11. The topological polar surface area (TPSA) is 26.3 Å². The Hall–Kier alpha value is -1.32. The summed E-state index contributed by atoms with van der Waals surface area (Å²) in [5.41, 5.74) is 3.95. The van der Waals surface area contributed by atoms with E-state index in [0.717, 1.165) is 15.6 Å². The van der Waals surface area contributed by atoms with Gasteiger partial charge in [0.15, 0.2) is 12.4 Å². The normalized spacial score (nSPS) is 10.5. The molecular weight excluding hydrogens is 352 g/mol. The maximum absolute atomic E-state index is 12.3. The Bertz CT molecular complexity index is 695. The Morgan fingerprint density at radius 3 is 2.43 bits per heavy atom. The second-order valence-corrected chi connectivity index (χ2v) is 6.36. The van der Waals surface area contributed by atoms with E-state index in [4.69, 9.17) is 16.3 Å². The van der Waals surface area contributed by atoms with Gasteiger partial charge in [0.05, 0.1) is 5.02 Å². The van der Waals surface area contributed by atoms with Gasteiger partial charge in [-0.15, -0.1) is 0 Å². The molecule has 0 atom stereocenters. The molecule has 0 saturated heterocycles. The first-order chi connectivity index (χ1) is 9.88. The van der Waals surface area contributed by atoms with Crippen molar-refractivity contribution in [3.05, 3.63) is 62.1 Å². The first-order valence-electron chi connectivity index (χ1n) is 6.57. The van der Waals surface area contributed by atoms with Crippen LogP contribution in [0, 0.1) is 20.8 Å². The smallest absolute Gasteiger partial charge is 0.200 e. The Labute approximate surface area is 138 Å². The number of Topliss-reactive ketones (excluding diaryl/α,β-unsaturated/α-hetero) is 1. The highest BCUT2D eigenvalue weighted by Crippen LogP contribution is 2.28. The van der Waals surface area contributed by atoms with Crippen LogP contribution < -0.4 is 4.74 Å². The van der Waals surface area contributed by atoms with Gasteiger partial charge in [0, 0.05) is 10.0 Å². The van der Waals surface area contributed by atoms with Crippen molar-refractivity contribution in [1.29, 1.82) is 0 Å². The second kappa shape index (κ2) is 6.63. The monoisotopic (exact) mass is 366 g/mol. The van der Waals surface area contributed by atoms with Crippen molar-refractivity contribution in [2.75, 3.05) is 6.61 Å². The van der Waals surface area contributed by atoms with E-state index in [-0.39, 0.29) is 12.4 Å². The van der Waals surface area contributed by atoms with Crippen molar-refractivity contribution in [2.24, 2.45) is 0 Å². The molecule has 0 N–H and O–H groups in total. The van der Waals surface area contributed by atoms with Crippen molar-refractivity contribution < 1.29 is 9.53 Å². The summed E-state index contributed by atoms with van der Waals surface area (Å²) in [4.78, 5) is 12.3. The van der Waals surface area contributed by atoms with Gasteiger partial charge in [-0.1, -0.05) is 33.6 Å². The van der Waals surface area contributed by atoms with Gasteiger partial charge in [0.25, 0.3) is 0 Å². The lowest BCUT2D eigenvalue weighted by atomic mass is 9.98. The van der Waals surface area contributed by atoms with Crippen LogP contribution in [0.15, 0.2) is 34.8 Å². The molecule has 110 valence electrons. The lowest BCUT2D eigenvalue weighted by molar-refractivity contribution is 0.0921. The van der Waals surface area contributed by atoms with Crippen LogP contribution in [0.25, 0.3) is 0 Å². The lowest BCUT2D eigenvalue weighted by Crippen LogP contribution is -2.13. The number of aryl methyl sites for hydroxylation is 3. The molecule has 0 bridgehead atoms. The van der Waals surface area contributed by atoms with E-state index >= 15 is 0 Å². The number of rotatable bonds is 4. The molecule has 2 aromatic carbocycles. The molecule has 0 heterocycles. The van der Waals surface area contributed by atoms with Crippen LogP contribution in [-0.4, -0.2) is 12.4 Å². The quantitative estimate of drug-likeness (QED) is 0.686. The van der Waals surface area contributed by atoms with Crippen LogP contribution in [0.3, 0.4) is 0 Å². The number of halogens is 2. The molecule has 0 amide bonds. The number of carbonyl (C=O) groups is 1. The molecule has 0 spiro atoms. The van der Waals surface area contributed by atoms with Gasteiger partial charge in [-0.2, -0.15) is 0 Å². The van der Waals surface area contributed by atoms with Crippen molar-refractivity contribution in [3.8, 4) is 5.75 Å². The van der Waals surface area contributed by atoms with E-state index in [1.165, 1.54) is 5.56 Å². The van der Waals surface area contributed by atoms with E-state index in [1.807, 2.05) is 39.0 Å². The zero-order chi connectivity index (χ0) is 15.6. The van der Waals surface area contributed by atoms with E-state index in [1.54, 1.807) is 12.1 Å². The molecule has 4 heteroatoms. The minimum absolute atomic E-state index is 0.0231. The zero-order valence-corrected chi connectivity index (χ0v) is 14.5. The number of ether oxygens (including phenoxy) is 1. The Morgan fingerprint density at radius 2 is 1.76 bits per heavy atom. The fourth-order valence-electron chi connectivity index (χ4n) is 2.07. The summed E-state index contributed by atoms with van der Waals surface area (Å²) in [5.74, 6) is 0.462. The molecule has 0 fully saturated rings. The van der Waals surface area contributed by atoms with E-state index in [2.05, 4.69) is 15.9 Å². The van der Waals surface area contributed by atoms with E-state index < -0.39 is 0 Å². The summed E-state index contributed by atoms with van der Waals surface area (Å²) in [6.45, 7) is 5.95. The fraction of sp³-hybridized carbons (Fsp3) is 0.235. The van der Waals surface area contributed by atoms with Crippen molar-refractivity contribution in [3.63, 3.8) is 0 Å². The van der Waals surface area contributed by atoms with Crippen molar-refractivity contribution >= 4 is 33.3 Å². The molecule has 0 saturated carbocycles. The molecule has 0 unspecified atom stereocenters. The van der Waals surface area contributed by atoms with Crippen LogP contribution in [-0.2, 0) is 0 Å².